The molecule has 0 bridgehead atoms. The standard InChI is InChI=1S/C23H27BrN2O2/c1-28-22-8-7-20(24)14-18(22)6-9-23(27)26-13-11-21(16-26)25-12-10-17-4-2-3-5-19(17)15-25/h2-5,7-8,14,21H,6,9-13,15-16H2,1H3/t21-/m0/s1. The van der Waals surface area contributed by atoms with Crippen LogP contribution in [0.25, 0.3) is 0 Å². The van der Waals surface area contributed by atoms with E-state index in [4.69, 9.17) is 4.74 Å². The summed E-state index contributed by atoms with van der Waals surface area (Å²) in [6.45, 7) is 3.84. The number of hydrogen-bond acceptors (Lipinski definition) is 3. The Hall–Kier alpha value is -1.85. The van der Waals surface area contributed by atoms with Crippen molar-refractivity contribution in [2.45, 2.75) is 38.3 Å². The molecule has 0 radical (unpaired) electrons. The van der Waals surface area contributed by atoms with Crippen molar-refractivity contribution in [1.29, 1.82) is 0 Å². The summed E-state index contributed by atoms with van der Waals surface area (Å²) in [7, 11) is 1.68. The van der Waals surface area contributed by atoms with E-state index in [1.54, 1.807) is 7.11 Å². The van der Waals surface area contributed by atoms with Crippen LogP contribution in [0.3, 0.4) is 0 Å². The fourth-order valence-electron chi connectivity index (χ4n) is 4.44. The molecule has 2 heterocycles. The Morgan fingerprint density at radius 1 is 1.18 bits per heavy atom. The summed E-state index contributed by atoms with van der Waals surface area (Å²) < 4.78 is 6.45. The second kappa shape index (κ2) is 8.66. The van der Waals surface area contributed by atoms with Crippen LogP contribution in [-0.2, 0) is 24.2 Å². The lowest BCUT2D eigenvalue weighted by Crippen LogP contribution is -2.41. The van der Waals surface area contributed by atoms with Crippen molar-refractivity contribution in [1.82, 2.24) is 9.80 Å². The first-order valence-electron chi connectivity index (χ1n) is 10.0. The Balaban J connectivity index is 1.32. The third-order valence-electron chi connectivity index (χ3n) is 6.04. The Bertz CT molecular complexity index is 854. The minimum atomic E-state index is 0.252. The molecule has 0 unspecified atom stereocenters. The van der Waals surface area contributed by atoms with E-state index in [2.05, 4.69) is 50.0 Å². The molecule has 1 atom stereocenters. The van der Waals surface area contributed by atoms with Crippen LogP contribution in [0.5, 0.6) is 5.75 Å². The highest BCUT2D eigenvalue weighted by atomic mass is 79.9. The zero-order chi connectivity index (χ0) is 19.5. The number of carbonyl (C=O) groups excluding carboxylic acids is 1. The van der Waals surface area contributed by atoms with E-state index in [-0.39, 0.29) is 5.91 Å². The normalized spacial score (nSPS) is 19.5. The van der Waals surface area contributed by atoms with E-state index < -0.39 is 0 Å². The molecule has 2 aromatic carbocycles. The number of fused-ring (bicyclic) bond motifs is 1. The van der Waals surface area contributed by atoms with Gasteiger partial charge >= 0.3 is 0 Å². The molecular weight excluding hydrogens is 416 g/mol. The third-order valence-corrected chi connectivity index (χ3v) is 6.54. The Kier molecular flexibility index (Phi) is 6.02. The highest BCUT2D eigenvalue weighted by Crippen LogP contribution is 2.27. The van der Waals surface area contributed by atoms with Gasteiger partial charge in [0.1, 0.15) is 5.75 Å². The van der Waals surface area contributed by atoms with Crippen LogP contribution in [0.2, 0.25) is 0 Å². The van der Waals surface area contributed by atoms with Gasteiger partial charge in [0.15, 0.2) is 0 Å². The number of amides is 1. The lowest BCUT2D eigenvalue weighted by molar-refractivity contribution is -0.130. The van der Waals surface area contributed by atoms with Gasteiger partial charge in [-0.05, 0) is 54.2 Å². The van der Waals surface area contributed by atoms with E-state index in [0.717, 1.165) is 54.8 Å². The number of nitrogens with zero attached hydrogens (tertiary/aromatic N) is 2. The molecule has 5 heteroatoms. The van der Waals surface area contributed by atoms with Gasteiger partial charge in [-0.1, -0.05) is 40.2 Å². The molecule has 4 rings (SSSR count). The monoisotopic (exact) mass is 442 g/mol. The highest BCUT2D eigenvalue weighted by molar-refractivity contribution is 9.10. The second-order valence-corrected chi connectivity index (χ2v) is 8.64. The summed E-state index contributed by atoms with van der Waals surface area (Å²) in [5, 5.41) is 0. The number of hydrogen-bond donors (Lipinski definition) is 0. The van der Waals surface area contributed by atoms with Crippen molar-refractivity contribution in [3.05, 3.63) is 63.6 Å². The van der Waals surface area contributed by atoms with E-state index >= 15 is 0 Å². The quantitative estimate of drug-likeness (QED) is 0.699. The van der Waals surface area contributed by atoms with Crippen molar-refractivity contribution < 1.29 is 9.53 Å². The number of ether oxygens (including phenoxy) is 1. The van der Waals surface area contributed by atoms with Crippen LogP contribution in [0.15, 0.2) is 46.9 Å². The maximum atomic E-state index is 12.8. The molecule has 1 fully saturated rings. The number of methoxy groups -OCH3 is 1. The third kappa shape index (κ3) is 4.26. The number of aryl methyl sites for hydroxylation is 1. The van der Waals surface area contributed by atoms with Gasteiger partial charge in [0.25, 0.3) is 0 Å². The largest absolute Gasteiger partial charge is 0.496 e. The molecule has 2 aromatic rings. The first kappa shape index (κ1) is 19.5. The van der Waals surface area contributed by atoms with Gasteiger partial charge in [-0.25, -0.2) is 0 Å². The van der Waals surface area contributed by atoms with Crippen molar-refractivity contribution in [2.75, 3.05) is 26.7 Å². The van der Waals surface area contributed by atoms with E-state index in [1.165, 1.54) is 11.1 Å². The average Bonchev–Trinajstić information content (AvgIpc) is 3.22. The molecule has 1 amide bonds. The van der Waals surface area contributed by atoms with Gasteiger partial charge in [-0.2, -0.15) is 0 Å². The lowest BCUT2D eigenvalue weighted by Gasteiger charge is -2.33. The lowest BCUT2D eigenvalue weighted by atomic mass is 9.98. The van der Waals surface area contributed by atoms with Gasteiger partial charge in [-0.3, -0.25) is 9.69 Å². The maximum absolute atomic E-state index is 12.8. The number of carbonyl (C=O) groups is 1. The second-order valence-electron chi connectivity index (χ2n) is 7.73. The van der Waals surface area contributed by atoms with Crippen LogP contribution in [-0.4, -0.2) is 48.5 Å². The van der Waals surface area contributed by atoms with Gasteiger partial charge in [0.2, 0.25) is 5.91 Å². The molecule has 0 aliphatic carbocycles. The summed E-state index contributed by atoms with van der Waals surface area (Å²) in [6, 6.07) is 15.2. The minimum absolute atomic E-state index is 0.252. The van der Waals surface area contributed by atoms with Crippen molar-refractivity contribution in [2.24, 2.45) is 0 Å². The molecular formula is C23H27BrN2O2. The van der Waals surface area contributed by atoms with Crippen LogP contribution < -0.4 is 4.74 Å². The summed E-state index contributed by atoms with van der Waals surface area (Å²) in [4.78, 5) is 17.4. The van der Waals surface area contributed by atoms with E-state index in [0.29, 0.717) is 18.9 Å². The molecule has 148 valence electrons. The van der Waals surface area contributed by atoms with Gasteiger partial charge < -0.3 is 9.64 Å². The predicted molar refractivity (Wildman–Crippen MR) is 115 cm³/mol. The molecule has 0 spiro atoms. The van der Waals surface area contributed by atoms with Crippen LogP contribution in [0, 0.1) is 0 Å². The number of benzene rings is 2. The number of halogens is 1. The van der Waals surface area contributed by atoms with Crippen LogP contribution in [0.1, 0.15) is 29.5 Å². The summed E-state index contributed by atoms with van der Waals surface area (Å²) >= 11 is 3.51. The first-order valence-corrected chi connectivity index (χ1v) is 10.8. The molecule has 0 saturated carbocycles. The van der Waals surface area contributed by atoms with E-state index in [1.807, 2.05) is 18.2 Å². The van der Waals surface area contributed by atoms with Crippen molar-refractivity contribution in [3.63, 3.8) is 0 Å². The zero-order valence-corrected chi connectivity index (χ0v) is 18.0. The fourth-order valence-corrected chi connectivity index (χ4v) is 4.85. The van der Waals surface area contributed by atoms with Crippen molar-refractivity contribution in [3.8, 4) is 5.75 Å². The summed E-state index contributed by atoms with van der Waals surface area (Å²) in [6.07, 6.45) is 3.43. The van der Waals surface area contributed by atoms with Gasteiger partial charge in [-0.15, -0.1) is 0 Å². The Morgan fingerprint density at radius 3 is 2.82 bits per heavy atom. The Morgan fingerprint density at radius 2 is 2.00 bits per heavy atom. The molecule has 0 aromatic heterocycles. The predicted octanol–water partition coefficient (Wildman–Crippen LogP) is 4.05. The highest BCUT2D eigenvalue weighted by Gasteiger charge is 2.31. The molecule has 1 saturated heterocycles. The SMILES string of the molecule is COc1ccc(Br)cc1CCC(=O)N1CC[C@H](N2CCc3ccccc3C2)C1. The topological polar surface area (TPSA) is 32.8 Å². The number of likely N-dealkylation sites (tertiary alicyclic amines) is 1. The van der Waals surface area contributed by atoms with Crippen molar-refractivity contribution >= 4 is 21.8 Å². The molecule has 4 nitrogen and oxygen atoms in total. The first-order chi connectivity index (χ1) is 13.6. The molecule has 28 heavy (non-hydrogen) atoms. The number of rotatable bonds is 5. The average molecular weight is 443 g/mol. The Labute approximate surface area is 175 Å². The van der Waals surface area contributed by atoms with Gasteiger partial charge in [0.05, 0.1) is 7.11 Å². The zero-order valence-electron chi connectivity index (χ0n) is 16.4. The van der Waals surface area contributed by atoms with Crippen LogP contribution in [0.4, 0.5) is 0 Å². The smallest absolute Gasteiger partial charge is 0.222 e. The minimum Gasteiger partial charge on any atom is -0.496 e. The molecule has 2 aliphatic rings. The summed E-state index contributed by atoms with van der Waals surface area (Å²) in [5.74, 6) is 1.10. The fraction of sp³-hybridized carbons (Fsp3) is 0.435. The van der Waals surface area contributed by atoms with E-state index in [9.17, 15) is 4.79 Å². The molecule has 0 N–H and O–H groups in total. The maximum Gasteiger partial charge on any atom is 0.222 e. The summed E-state index contributed by atoms with van der Waals surface area (Å²) in [5.41, 5.74) is 4.00. The van der Waals surface area contributed by atoms with Gasteiger partial charge in [0, 0.05) is 43.1 Å². The molecule has 2 aliphatic heterocycles. The van der Waals surface area contributed by atoms with Crippen LogP contribution >= 0.6 is 15.9 Å².